The summed E-state index contributed by atoms with van der Waals surface area (Å²) in [7, 11) is 1.74. The van der Waals surface area contributed by atoms with Gasteiger partial charge in [-0.05, 0) is 45.2 Å². The van der Waals surface area contributed by atoms with Gasteiger partial charge in [-0.15, -0.1) is 0 Å². The van der Waals surface area contributed by atoms with Gasteiger partial charge in [-0.1, -0.05) is 24.6 Å². The van der Waals surface area contributed by atoms with Crippen molar-refractivity contribution in [2.24, 2.45) is 5.41 Å². The smallest absolute Gasteiger partial charge is 0.310 e. The molecule has 0 atom stereocenters. The molecule has 6 heteroatoms. The highest BCUT2D eigenvalue weighted by atomic mass is 16.4. The first kappa shape index (κ1) is 19.1. The van der Waals surface area contributed by atoms with Gasteiger partial charge in [0.1, 0.15) is 0 Å². The molecule has 1 aromatic heterocycles. The van der Waals surface area contributed by atoms with E-state index in [4.69, 9.17) is 0 Å². The Morgan fingerprint density at radius 3 is 2.44 bits per heavy atom. The maximum absolute atomic E-state index is 12.6. The maximum Gasteiger partial charge on any atom is 0.310 e. The van der Waals surface area contributed by atoms with Gasteiger partial charge in [-0.2, -0.15) is 5.10 Å². The number of carboxylic acid groups (broad SMARTS) is 1. The third-order valence-corrected chi connectivity index (χ3v) is 5.86. The quantitative estimate of drug-likeness (QED) is 0.847. The number of aryl methyl sites for hydroxylation is 2. The standard InChI is InChI=1S/C21H27N3O3/c1-14-8-5-6-9-18(14)24-16(3)17(15(2)22-24)13-23(4)19(25)12-21(20(26)27)10-7-11-21/h5-6,8-9H,7,10-13H2,1-4H3,(H,26,27). The van der Waals surface area contributed by atoms with Crippen LogP contribution in [0.3, 0.4) is 0 Å². The molecule has 1 aliphatic rings. The molecule has 1 amide bonds. The van der Waals surface area contributed by atoms with Gasteiger partial charge < -0.3 is 10.0 Å². The van der Waals surface area contributed by atoms with Crippen molar-refractivity contribution in [2.75, 3.05) is 7.05 Å². The first-order chi connectivity index (χ1) is 12.7. The van der Waals surface area contributed by atoms with Crippen molar-refractivity contribution in [3.63, 3.8) is 0 Å². The largest absolute Gasteiger partial charge is 0.481 e. The van der Waals surface area contributed by atoms with Crippen LogP contribution in [-0.4, -0.2) is 38.7 Å². The SMILES string of the molecule is Cc1ccccc1-n1nc(C)c(CN(C)C(=O)CC2(C(=O)O)CCC2)c1C. The Labute approximate surface area is 159 Å². The lowest BCUT2D eigenvalue weighted by Crippen LogP contribution is -2.42. The van der Waals surface area contributed by atoms with Crippen LogP contribution in [-0.2, 0) is 16.1 Å². The maximum atomic E-state index is 12.6. The Hall–Kier alpha value is -2.63. The number of para-hydroxylation sites is 1. The van der Waals surface area contributed by atoms with E-state index in [0.717, 1.165) is 34.6 Å². The molecule has 1 N–H and O–H groups in total. The third kappa shape index (κ3) is 3.48. The van der Waals surface area contributed by atoms with E-state index in [2.05, 4.69) is 5.10 Å². The van der Waals surface area contributed by atoms with E-state index in [9.17, 15) is 14.7 Å². The van der Waals surface area contributed by atoms with Crippen molar-refractivity contribution in [3.05, 3.63) is 46.8 Å². The molecular formula is C21H27N3O3. The van der Waals surface area contributed by atoms with Gasteiger partial charge in [-0.25, -0.2) is 4.68 Å². The van der Waals surface area contributed by atoms with Crippen molar-refractivity contribution < 1.29 is 14.7 Å². The molecule has 1 aromatic carbocycles. The Kier molecular flexibility index (Phi) is 5.09. The van der Waals surface area contributed by atoms with Crippen molar-refractivity contribution >= 4 is 11.9 Å². The van der Waals surface area contributed by atoms with Crippen molar-refractivity contribution in [1.29, 1.82) is 0 Å². The Morgan fingerprint density at radius 1 is 1.22 bits per heavy atom. The fraction of sp³-hybridized carbons (Fsp3) is 0.476. The lowest BCUT2D eigenvalue weighted by molar-refractivity contribution is -0.159. The van der Waals surface area contributed by atoms with Crippen LogP contribution >= 0.6 is 0 Å². The normalized spacial score (nSPS) is 15.3. The van der Waals surface area contributed by atoms with E-state index in [1.165, 1.54) is 0 Å². The number of hydrogen-bond acceptors (Lipinski definition) is 3. The predicted octanol–water partition coefficient (Wildman–Crippen LogP) is 3.40. The van der Waals surface area contributed by atoms with Crippen molar-refractivity contribution in [1.82, 2.24) is 14.7 Å². The van der Waals surface area contributed by atoms with Crippen LogP contribution < -0.4 is 0 Å². The van der Waals surface area contributed by atoms with Gasteiger partial charge in [0.15, 0.2) is 0 Å². The number of hydrogen-bond donors (Lipinski definition) is 1. The summed E-state index contributed by atoms with van der Waals surface area (Å²) >= 11 is 0. The summed E-state index contributed by atoms with van der Waals surface area (Å²) < 4.78 is 1.92. The number of aromatic nitrogens is 2. The summed E-state index contributed by atoms with van der Waals surface area (Å²) in [5.74, 6) is -0.977. The number of carbonyl (C=O) groups is 2. The molecule has 0 unspecified atom stereocenters. The second kappa shape index (κ2) is 7.18. The van der Waals surface area contributed by atoms with E-state index >= 15 is 0 Å². The number of carbonyl (C=O) groups excluding carboxylic acids is 1. The summed E-state index contributed by atoms with van der Waals surface area (Å²) in [6.07, 6.45) is 2.13. The minimum Gasteiger partial charge on any atom is -0.481 e. The minimum absolute atomic E-state index is 0.0723. The average Bonchev–Trinajstić information content (AvgIpc) is 2.86. The molecule has 0 bridgehead atoms. The van der Waals surface area contributed by atoms with Gasteiger partial charge in [-0.3, -0.25) is 9.59 Å². The summed E-state index contributed by atoms with van der Waals surface area (Å²) in [6, 6.07) is 8.06. The van der Waals surface area contributed by atoms with Crippen molar-refractivity contribution in [2.45, 2.75) is 53.0 Å². The molecule has 3 rings (SSSR count). The van der Waals surface area contributed by atoms with Crippen LogP contribution in [0.25, 0.3) is 5.69 Å². The highest BCUT2D eigenvalue weighted by Gasteiger charge is 2.46. The highest BCUT2D eigenvalue weighted by Crippen LogP contribution is 2.44. The van der Waals surface area contributed by atoms with E-state index in [1.54, 1.807) is 11.9 Å². The fourth-order valence-electron chi connectivity index (χ4n) is 3.76. The number of benzene rings is 1. The van der Waals surface area contributed by atoms with Gasteiger partial charge in [0, 0.05) is 31.3 Å². The Bertz CT molecular complexity index is 881. The molecule has 1 saturated carbocycles. The molecule has 0 saturated heterocycles. The van der Waals surface area contributed by atoms with E-state index in [0.29, 0.717) is 19.4 Å². The predicted molar refractivity (Wildman–Crippen MR) is 103 cm³/mol. The molecule has 0 aliphatic heterocycles. The molecule has 0 spiro atoms. The second-order valence-corrected chi connectivity index (χ2v) is 7.71. The minimum atomic E-state index is -0.860. The first-order valence-corrected chi connectivity index (χ1v) is 9.33. The van der Waals surface area contributed by atoms with Crippen LogP contribution in [0.2, 0.25) is 0 Å². The number of nitrogens with zero attached hydrogens (tertiary/aromatic N) is 3. The first-order valence-electron chi connectivity index (χ1n) is 9.33. The zero-order chi connectivity index (χ0) is 19.8. The van der Waals surface area contributed by atoms with Gasteiger partial charge >= 0.3 is 5.97 Å². The zero-order valence-electron chi connectivity index (χ0n) is 16.5. The van der Waals surface area contributed by atoms with Crippen LogP contribution in [0, 0.1) is 26.2 Å². The molecule has 1 heterocycles. The lowest BCUT2D eigenvalue weighted by Gasteiger charge is -2.38. The van der Waals surface area contributed by atoms with Crippen molar-refractivity contribution in [3.8, 4) is 5.69 Å². The van der Waals surface area contributed by atoms with Gasteiger partial charge in [0.2, 0.25) is 5.91 Å². The lowest BCUT2D eigenvalue weighted by atomic mass is 9.66. The van der Waals surface area contributed by atoms with Gasteiger partial charge in [0.05, 0.1) is 16.8 Å². The Balaban J connectivity index is 1.79. The monoisotopic (exact) mass is 369 g/mol. The van der Waals surface area contributed by atoms with Crippen LogP contribution in [0.15, 0.2) is 24.3 Å². The van der Waals surface area contributed by atoms with Crippen LogP contribution in [0.1, 0.15) is 48.2 Å². The molecule has 27 heavy (non-hydrogen) atoms. The molecule has 1 aliphatic carbocycles. The van der Waals surface area contributed by atoms with E-state index < -0.39 is 11.4 Å². The molecular weight excluding hydrogens is 342 g/mol. The molecule has 144 valence electrons. The number of amides is 1. The second-order valence-electron chi connectivity index (χ2n) is 7.71. The Morgan fingerprint density at radius 2 is 1.89 bits per heavy atom. The average molecular weight is 369 g/mol. The van der Waals surface area contributed by atoms with Crippen LogP contribution in [0.5, 0.6) is 0 Å². The molecule has 6 nitrogen and oxygen atoms in total. The molecule has 1 fully saturated rings. The summed E-state index contributed by atoms with van der Waals surface area (Å²) in [6.45, 7) is 6.42. The molecule has 2 aromatic rings. The number of rotatable bonds is 6. The topological polar surface area (TPSA) is 75.4 Å². The van der Waals surface area contributed by atoms with Crippen LogP contribution in [0.4, 0.5) is 0 Å². The summed E-state index contributed by atoms with van der Waals surface area (Å²) in [4.78, 5) is 25.8. The number of aliphatic carboxylic acids is 1. The van der Waals surface area contributed by atoms with E-state index in [-0.39, 0.29) is 12.3 Å². The fourth-order valence-corrected chi connectivity index (χ4v) is 3.76. The van der Waals surface area contributed by atoms with E-state index in [1.807, 2.05) is 49.7 Å². The third-order valence-electron chi connectivity index (χ3n) is 5.86. The molecule has 0 radical (unpaired) electrons. The van der Waals surface area contributed by atoms with Gasteiger partial charge in [0.25, 0.3) is 0 Å². The summed E-state index contributed by atoms with van der Waals surface area (Å²) in [5.41, 5.74) is 4.18. The number of carboxylic acids is 1. The zero-order valence-corrected chi connectivity index (χ0v) is 16.5. The highest BCUT2D eigenvalue weighted by molar-refractivity contribution is 5.85. The summed E-state index contributed by atoms with van der Waals surface area (Å²) in [5, 5.41) is 14.1.